The van der Waals surface area contributed by atoms with E-state index in [1.807, 2.05) is 0 Å². The maximum atomic E-state index is 12.6. The summed E-state index contributed by atoms with van der Waals surface area (Å²) in [5.74, 6) is 0. The van der Waals surface area contributed by atoms with Crippen molar-refractivity contribution >= 4 is 31.6 Å². The molecule has 31 heavy (non-hydrogen) atoms. The van der Waals surface area contributed by atoms with E-state index in [0.29, 0.717) is 19.3 Å². The third kappa shape index (κ3) is 6.26. The summed E-state index contributed by atoms with van der Waals surface area (Å²) in [6.07, 6.45) is 0.310. The molecule has 0 bridgehead atoms. The van der Waals surface area contributed by atoms with Gasteiger partial charge in [-0.3, -0.25) is 0 Å². The van der Waals surface area contributed by atoms with Crippen molar-refractivity contribution in [1.82, 2.24) is 9.44 Å². The summed E-state index contributed by atoms with van der Waals surface area (Å²) in [5, 5.41) is 9.83. The van der Waals surface area contributed by atoms with Crippen molar-refractivity contribution in [3.05, 3.63) is 59.6 Å². The molecule has 2 aromatic rings. The molecular weight excluding hydrogens is 464 g/mol. The van der Waals surface area contributed by atoms with E-state index in [2.05, 4.69) is 9.44 Å². The minimum atomic E-state index is -3.75. The standard InChI is InChI=1S/C20H25ClN2O6S2/c21-17-8-4-5-9-20(17)31(27,28)22-13-12-15-10-11-18(19(14-24)29-15)23-30(25,26)16-6-2-1-3-7-16/h1-9,15,18-19,22-24H,10-14H2/t15-,18-,19-/m1/s1. The zero-order chi connectivity index (χ0) is 22.5. The van der Waals surface area contributed by atoms with E-state index >= 15 is 0 Å². The maximum Gasteiger partial charge on any atom is 0.242 e. The topological polar surface area (TPSA) is 122 Å². The van der Waals surface area contributed by atoms with Crippen LogP contribution in [0.3, 0.4) is 0 Å². The Bertz CT molecular complexity index is 1080. The van der Waals surface area contributed by atoms with E-state index in [1.54, 1.807) is 30.3 Å². The molecule has 11 heteroatoms. The lowest BCUT2D eigenvalue weighted by atomic mass is 9.98. The third-order valence-corrected chi connectivity index (χ3v) is 8.51. The highest BCUT2D eigenvalue weighted by atomic mass is 35.5. The van der Waals surface area contributed by atoms with Gasteiger partial charge in [0.05, 0.1) is 34.8 Å². The average Bonchev–Trinajstić information content (AvgIpc) is 2.75. The van der Waals surface area contributed by atoms with Crippen molar-refractivity contribution in [3.8, 4) is 0 Å². The van der Waals surface area contributed by atoms with Crippen LogP contribution in [0.1, 0.15) is 19.3 Å². The van der Waals surface area contributed by atoms with Crippen molar-refractivity contribution in [1.29, 1.82) is 0 Å². The molecule has 1 fully saturated rings. The lowest BCUT2D eigenvalue weighted by molar-refractivity contribution is -0.0869. The summed E-state index contributed by atoms with van der Waals surface area (Å²) in [4.78, 5) is 0.146. The number of sulfonamides is 2. The number of halogens is 1. The first-order chi connectivity index (χ1) is 14.7. The fraction of sp³-hybridized carbons (Fsp3) is 0.400. The SMILES string of the molecule is O=S(=O)(N[C@@H]1CC[C@H](CCNS(=O)(=O)c2ccccc2Cl)O[C@@H]1CO)c1ccccc1. The fourth-order valence-corrected chi connectivity index (χ4v) is 6.33. The van der Waals surface area contributed by atoms with Crippen molar-refractivity contribution in [2.24, 2.45) is 0 Å². The predicted octanol–water partition coefficient (Wildman–Crippen LogP) is 1.90. The van der Waals surface area contributed by atoms with Crippen LogP contribution >= 0.6 is 11.6 Å². The van der Waals surface area contributed by atoms with Gasteiger partial charge in [0.25, 0.3) is 0 Å². The molecular formula is C20H25ClN2O6S2. The Hall–Kier alpha value is -1.53. The summed E-state index contributed by atoms with van der Waals surface area (Å²) in [6.45, 7) is -0.236. The molecule has 3 N–H and O–H groups in total. The number of aliphatic hydroxyl groups excluding tert-OH is 1. The molecule has 0 amide bonds. The molecule has 0 saturated carbocycles. The Morgan fingerprint density at radius 3 is 2.32 bits per heavy atom. The van der Waals surface area contributed by atoms with Gasteiger partial charge in [-0.25, -0.2) is 26.3 Å². The molecule has 3 rings (SSSR count). The molecule has 2 aromatic carbocycles. The molecule has 8 nitrogen and oxygen atoms in total. The van der Waals surface area contributed by atoms with Gasteiger partial charge in [0.2, 0.25) is 20.0 Å². The van der Waals surface area contributed by atoms with Gasteiger partial charge in [0.1, 0.15) is 4.90 Å². The summed E-state index contributed by atoms with van der Waals surface area (Å²) < 4.78 is 60.9. The van der Waals surface area contributed by atoms with Crippen LogP contribution in [-0.2, 0) is 24.8 Å². The van der Waals surface area contributed by atoms with Crippen molar-refractivity contribution in [3.63, 3.8) is 0 Å². The number of aliphatic hydroxyl groups is 1. The number of nitrogens with one attached hydrogen (secondary N) is 2. The monoisotopic (exact) mass is 488 g/mol. The second-order valence-corrected chi connectivity index (χ2v) is 11.1. The van der Waals surface area contributed by atoms with Crippen LogP contribution in [0.15, 0.2) is 64.4 Å². The van der Waals surface area contributed by atoms with E-state index in [0.717, 1.165) is 0 Å². The second kappa shape index (κ2) is 10.4. The van der Waals surface area contributed by atoms with Gasteiger partial charge >= 0.3 is 0 Å². The van der Waals surface area contributed by atoms with Gasteiger partial charge in [0, 0.05) is 6.54 Å². The molecule has 1 saturated heterocycles. The Morgan fingerprint density at radius 1 is 0.968 bits per heavy atom. The van der Waals surface area contributed by atoms with Crippen LogP contribution in [0.4, 0.5) is 0 Å². The first-order valence-corrected chi connectivity index (χ1v) is 13.2. The molecule has 1 aliphatic rings. The van der Waals surface area contributed by atoms with Gasteiger partial charge in [-0.05, 0) is 43.5 Å². The lowest BCUT2D eigenvalue weighted by Crippen LogP contribution is -2.51. The summed E-state index contributed by atoms with van der Waals surface area (Å²) in [5.41, 5.74) is 0. The van der Waals surface area contributed by atoms with Crippen molar-refractivity contribution < 1.29 is 26.7 Å². The second-order valence-electron chi connectivity index (χ2n) is 7.21. The van der Waals surface area contributed by atoms with Crippen LogP contribution < -0.4 is 9.44 Å². The van der Waals surface area contributed by atoms with E-state index in [-0.39, 0.29) is 34.1 Å². The van der Waals surface area contributed by atoms with Crippen LogP contribution in [0.5, 0.6) is 0 Å². The molecule has 0 spiro atoms. The molecule has 0 aliphatic carbocycles. The van der Waals surface area contributed by atoms with E-state index in [1.165, 1.54) is 24.3 Å². The van der Waals surface area contributed by atoms with Gasteiger partial charge in [-0.1, -0.05) is 41.9 Å². The Balaban J connectivity index is 1.55. The van der Waals surface area contributed by atoms with Crippen LogP contribution in [0.2, 0.25) is 5.02 Å². The van der Waals surface area contributed by atoms with Gasteiger partial charge in [-0.2, -0.15) is 0 Å². The number of rotatable bonds is 9. The van der Waals surface area contributed by atoms with Crippen LogP contribution in [-0.4, -0.2) is 53.3 Å². The predicted molar refractivity (Wildman–Crippen MR) is 117 cm³/mol. The molecule has 0 unspecified atom stereocenters. The van der Waals surface area contributed by atoms with Gasteiger partial charge < -0.3 is 9.84 Å². The smallest absolute Gasteiger partial charge is 0.242 e. The fourth-order valence-electron chi connectivity index (χ4n) is 3.44. The highest BCUT2D eigenvalue weighted by molar-refractivity contribution is 7.89. The first kappa shape index (κ1) is 24.1. The third-order valence-electron chi connectivity index (χ3n) is 5.04. The minimum absolute atomic E-state index is 0.00449. The number of hydrogen-bond acceptors (Lipinski definition) is 6. The number of ether oxygens (including phenoxy) is 1. The molecule has 1 aliphatic heterocycles. The summed E-state index contributed by atoms with van der Waals surface area (Å²) >= 11 is 5.96. The Kier molecular flexibility index (Phi) is 8.08. The lowest BCUT2D eigenvalue weighted by Gasteiger charge is -2.36. The zero-order valence-corrected chi connectivity index (χ0v) is 19.0. The van der Waals surface area contributed by atoms with Gasteiger partial charge in [0.15, 0.2) is 0 Å². The quantitative estimate of drug-likeness (QED) is 0.495. The highest BCUT2D eigenvalue weighted by Gasteiger charge is 2.34. The van der Waals surface area contributed by atoms with Crippen LogP contribution in [0, 0.1) is 0 Å². The number of benzene rings is 2. The Labute approximate surface area is 187 Å². The molecule has 1 heterocycles. The highest BCUT2D eigenvalue weighted by Crippen LogP contribution is 2.24. The van der Waals surface area contributed by atoms with Crippen molar-refractivity contribution in [2.45, 2.75) is 47.3 Å². The normalized spacial score (nSPS) is 22.3. The van der Waals surface area contributed by atoms with Crippen molar-refractivity contribution in [2.75, 3.05) is 13.2 Å². The molecule has 170 valence electrons. The Morgan fingerprint density at radius 2 is 1.65 bits per heavy atom. The number of hydrogen-bond donors (Lipinski definition) is 3. The summed E-state index contributed by atoms with van der Waals surface area (Å²) in [6, 6.07) is 13.6. The minimum Gasteiger partial charge on any atom is -0.394 e. The first-order valence-electron chi connectivity index (χ1n) is 9.81. The summed E-state index contributed by atoms with van der Waals surface area (Å²) in [7, 11) is -7.49. The van der Waals surface area contributed by atoms with E-state index in [4.69, 9.17) is 16.3 Å². The average molecular weight is 489 g/mol. The van der Waals surface area contributed by atoms with Crippen LogP contribution in [0.25, 0.3) is 0 Å². The van der Waals surface area contributed by atoms with E-state index in [9.17, 15) is 21.9 Å². The van der Waals surface area contributed by atoms with Gasteiger partial charge in [-0.15, -0.1) is 0 Å². The van der Waals surface area contributed by atoms with E-state index < -0.39 is 32.2 Å². The molecule has 0 radical (unpaired) electrons. The maximum absolute atomic E-state index is 12.6. The zero-order valence-electron chi connectivity index (χ0n) is 16.6. The largest absolute Gasteiger partial charge is 0.394 e. The molecule has 0 aromatic heterocycles. The molecule has 3 atom stereocenters.